The van der Waals surface area contributed by atoms with Gasteiger partial charge >= 0.3 is 5.69 Å². The van der Waals surface area contributed by atoms with Gasteiger partial charge in [-0.05, 0) is 44.6 Å². The molecule has 2 saturated carbocycles. The minimum atomic E-state index is -0.0468. The van der Waals surface area contributed by atoms with E-state index in [1.807, 2.05) is 4.57 Å². The summed E-state index contributed by atoms with van der Waals surface area (Å²) in [5.74, 6) is 1.85. The zero-order valence-electron chi connectivity index (χ0n) is 11.4. The van der Waals surface area contributed by atoms with Crippen molar-refractivity contribution in [1.29, 1.82) is 0 Å². The Bertz CT molecular complexity index is 475. The SMILES string of the molecule is CCCNC(CSc1n[nH]c(=O)n1C1CC1)C1CC1. The fraction of sp³-hybridized carbons (Fsp3) is 0.846. The Morgan fingerprint density at radius 2 is 2.26 bits per heavy atom. The molecule has 2 aliphatic carbocycles. The van der Waals surface area contributed by atoms with Crippen molar-refractivity contribution >= 4 is 11.8 Å². The summed E-state index contributed by atoms with van der Waals surface area (Å²) < 4.78 is 1.84. The van der Waals surface area contributed by atoms with E-state index in [-0.39, 0.29) is 5.69 Å². The van der Waals surface area contributed by atoms with E-state index >= 15 is 0 Å². The first-order valence-corrected chi connectivity index (χ1v) is 8.31. The monoisotopic (exact) mass is 282 g/mol. The van der Waals surface area contributed by atoms with Crippen LogP contribution in [0.4, 0.5) is 0 Å². The standard InChI is InChI=1S/C13H22N4OS/c1-2-7-14-11(9-3-4-9)8-19-13-16-15-12(18)17(13)10-5-6-10/h9-11,14H,2-8H2,1H3,(H,15,18). The summed E-state index contributed by atoms with van der Waals surface area (Å²) in [6.45, 7) is 3.28. The third kappa shape index (κ3) is 3.23. The van der Waals surface area contributed by atoms with Gasteiger partial charge in [0.05, 0.1) is 0 Å². The van der Waals surface area contributed by atoms with Gasteiger partial charge in [0.15, 0.2) is 5.16 Å². The van der Waals surface area contributed by atoms with Gasteiger partial charge in [0, 0.05) is 17.8 Å². The third-order valence-electron chi connectivity index (χ3n) is 3.82. The van der Waals surface area contributed by atoms with Crippen molar-refractivity contribution in [2.45, 2.75) is 56.3 Å². The van der Waals surface area contributed by atoms with Crippen LogP contribution in [-0.2, 0) is 0 Å². The van der Waals surface area contributed by atoms with Gasteiger partial charge in [-0.25, -0.2) is 9.89 Å². The number of hydrogen-bond acceptors (Lipinski definition) is 4. The van der Waals surface area contributed by atoms with Crippen molar-refractivity contribution in [3.63, 3.8) is 0 Å². The second kappa shape index (κ2) is 5.71. The van der Waals surface area contributed by atoms with E-state index < -0.39 is 0 Å². The maximum atomic E-state index is 11.7. The first-order valence-electron chi connectivity index (χ1n) is 7.32. The first kappa shape index (κ1) is 13.2. The lowest BCUT2D eigenvalue weighted by atomic mass is 10.2. The molecule has 0 spiro atoms. The molecule has 0 aliphatic heterocycles. The molecule has 1 heterocycles. The number of hydrogen-bond donors (Lipinski definition) is 2. The number of thioether (sulfide) groups is 1. The Morgan fingerprint density at radius 1 is 1.47 bits per heavy atom. The summed E-state index contributed by atoms with van der Waals surface area (Å²) in [4.78, 5) is 11.7. The Hall–Kier alpha value is -0.750. The molecule has 106 valence electrons. The summed E-state index contributed by atoms with van der Waals surface area (Å²) in [6.07, 6.45) is 6.10. The Morgan fingerprint density at radius 3 is 2.89 bits per heavy atom. The van der Waals surface area contributed by atoms with E-state index in [0.717, 1.165) is 36.2 Å². The molecule has 19 heavy (non-hydrogen) atoms. The number of nitrogens with one attached hydrogen (secondary N) is 2. The van der Waals surface area contributed by atoms with Crippen LogP contribution in [-0.4, -0.2) is 33.1 Å². The molecule has 2 N–H and O–H groups in total. The molecule has 0 radical (unpaired) electrons. The summed E-state index contributed by atoms with van der Waals surface area (Å²) >= 11 is 1.72. The number of rotatable bonds is 8. The average Bonchev–Trinajstić information content (AvgIpc) is 3.30. The lowest BCUT2D eigenvalue weighted by molar-refractivity contribution is 0.502. The largest absolute Gasteiger partial charge is 0.344 e. The van der Waals surface area contributed by atoms with E-state index in [4.69, 9.17) is 0 Å². The van der Waals surface area contributed by atoms with Crippen molar-refractivity contribution in [3.8, 4) is 0 Å². The molecule has 5 nitrogen and oxygen atoms in total. The highest BCUT2D eigenvalue weighted by molar-refractivity contribution is 7.99. The van der Waals surface area contributed by atoms with E-state index in [0.29, 0.717) is 12.1 Å². The quantitative estimate of drug-likeness (QED) is 0.713. The van der Waals surface area contributed by atoms with Crippen LogP contribution in [0.1, 0.15) is 45.1 Å². The summed E-state index contributed by atoms with van der Waals surface area (Å²) in [6, 6.07) is 0.973. The number of nitrogens with zero attached hydrogens (tertiary/aromatic N) is 2. The second-order valence-electron chi connectivity index (χ2n) is 5.62. The van der Waals surface area contributed by atoms with Crippen LogP contribution in [0.5, 0.6) is 0 Å². The van der Waals surface area contributed by atoms with Gasteiger partial charge in [-0.2, -0.15) is 0 Å². The van der Waals surface area contributed by atoms with Crippen LogP contribution < -0.4 is 11.0 Å². The predicted molar refractivity (Wildman–Crippen MR) is 76.6 cm³/mol. The van der Waals surface area contributed by atoms with Gasteiger partial charge in [-0.1, -0.05) is 18.7 Å². The number of aromatic nitrogens is 3. The van der Waals surface area contributed by atoms with Gasteiger partial charge in [0.1, 0.15) is 0 Å². The highest BCUT2D eigenvalue weighted by atomic mass is 32.2. The lowest BCUT2D eigenvalue weighted by Gasteiger charge is -2.17. The number of H-pyrrole nitrogens is 1. The van der Waals surface area contributed by atoms with Crippen LogP contribution in [0, 0.1) is 5.92 Å². The number of aromatic amines is 1. The minimum absolute atomic E-state index is 0.0468. The zero-order chi connectivity index (χ0) is 13.2. The summed E-state index contributed by atoms with van der Waals surface area (Å²) in [5.41, 5.74) is -0.0468. The molecular weight excluding hydrogens is 260 g/mol. The third-order valence-corrected chi connectivity index (χ3v) is 4.90. The van der Waals surface area contributed by atoms with Crippen LogP contribution in [0.2, 0.25) is 0 Å². The lowest BCUT2D eigenvalue weighted by Crippen LogP contribution is -2.34. The van der Waals surface area contributed by atoms with Gasteiger partial charge < -0.3 is 5.32 Å². The normalized spacial score (nSPS) is 20.7. The summed E-state index contributed by atoms with van der Waals surface area (Å²) in [5, 5.41) is 11.3. The molecule has 0 aromatic carbocycles. The molecular formula is C13H22N4OS. The van der Waals surface area contributed by atoms with E-state index in [1.165, 1.54) is 19.3 Å². The Kier molecular flexibility index (Phi) is 3.98. The zero-order valence-corrected chi connectivity index (χ0v) is 12.2. The van der Waals surface area contributed by atoms with Gasteiger partial charge in [-0.3, -0.25) is 4.57 Å². The van der Waals surface area contributed by atoms with Crippen LogP contribution in [0.15, 0.2) is 9.95 Å². The Balaban J connectivity index is 1.59. The molecule has 0 amide bonds. The van der Waals surface area contributed by atoms with Crippen LogP contribution in [0.25, 0.3) is 0 Å². The molecule has 2 fully saturated rings. The molecule has 3 rings (SSSR count). The average molecular weight is 282 g/mol. The summed E-state index contributed by atoms with van der Waals surface area (Å²) in [7, 11) is 0. The van der Waals surface area contributed by atoms with Crippen molar-refractivity contribution in [3.05, 3.63) is 10.5 Å². The molecule has 2 aliphatic rings. The smallest absolute Gasteiger partial charge is 0.313 e. The fourth-order valence-electron chi connectivity index (χ4n) is 2.40. The molecule has 1 unspecified atom stereocenters. The second-order valence-corrected chi connectivity index (χ2v) is 6.61. The first-order chi connectivity index (χ1) is 9.29. The molecule has 0 bridgehead atoms. The fourth-order valence-corrected chi connectivity index (χ4v) is 3.60. The molecule has 0 saturated heterocycles. The van der Waals surface area contributed by atoms with Gasteiger partial charge in [-0.15, -0.1) is 5.10 Å². The van der Waals surface area contributed by atoms with Crippen molar-refractivity contribution in [1.82, 2.24) is 20.1 Å². The highest BCUT2D eigenvalue weighted by Gasteiger charge is 2.32. The topological polar surface area (TPSA) is 62.7 Å². The molecule has 1 aromatic rings. The molecule has 6 heteroatoms. The van der Waals surface area contributed by atoms with E-state index in [2.05, 4.69) is 22.4 Å². The molecule has 1 aromatic heterocycles. The van der Waals surface area contributed by atoms with Gasteiger partial charge in [0.2, 0.25) is 0 Å². The maximum absolute atomic E-state index is 11.7. The van der Waals surface area contributed by atoms with Crippen molar-refractivity contribution < 1.29 is 0 Å². The predicted octanol–water partition coefficient (Wildman–Crippen LogP) is 1.78. The van der Waals surface area contributed by atoms with Crippen molar-refractivity contribution in [2.24, 2.45) is 5.92 Å². The highest BCUT2D eigenvalue weighted by Crippen LogP contribution is 2.38. The maximum Gasteiger partial charge on any atom is 0.344 e. The molecule has 1 atom stereocenters. The van der Waals surface area contributed by atoms with Crippen molar-refractivity contribution in [2.75, 3.05) is 12.3 Å². The van der Waals surface area contributed by atoms with Crippen LogP contribution >= 0.6 is 11.8 Å². The van der Waals surface area contributed by atoms with E-state index in [9.17, 15) is 4.79 Å². The van der Waals surface area contributed by atoms with Crippen LogP contribution in [0.3, 0.4) is 0 Å². The Labute approximate surface area is 117 Å². The minimum Gasteiger partial charge on any atom is -0.313 e. The van der Waals surface area contributed by atoms with E-state index in [1.54, 1.807) is 11.8 Å². The van der Waals surface area contributed by atoms with Gasteiger partial charge in [0.25, 0.3) is 0 Å².